The second-order valence-corrected chi connectivity index (χ2v) is 6.42. The Balaban J connectivity index is 2.04. The molecule has 0 aliphatic heterocycles. The van der Waals surface area contributed by atoms with Gasteiger partial charge in [0.1, 0.15) is 5.82 Å². The number of fused-ring (bicyclic) bond motifs is 1. The Kier molecular flexibility index (Phi) is 4.24. The van der Waals surface area contributed by atoms with Crippen LogP contribution in [-0.4, -0.2) is 16.5 Å². The van der Waals surface area contributed by atoms with Crippen molar-refractivity contribution in [3.8, 4) is 11.4 Å². The van der Waals surface area contributed by atoms with Crippen molar-refractivity contribution < 1.29 is 0 Å². The van der Waals surface area contributed by atoms with Crippen molar-refractivity contribution >= 4 is 21.7 Å². The summed E-state index contributed by atoms with van der Waals surface area (Å²) in [4.78, 5) is 9.58. The third-order valence-corrected chi connectivity index (χ3v) is 4.78. The normalized spacial score (nSPS) is 13.3. The number of anilines is 1. The summed E-state index contributed by atoms with van der Waals surface area (Å²) in [6.07, 6.45) is 4.46. The van der Waals surface area contributed by atoms with E-state index in [4.69, 9.17) is 9.97 Å². The van der Waals surface area contributed by atoms with E-state index < -0.39 is 0 Å². The molecule has 1 aromatic heterocycles. The first kappa shape index (κ1) is 14.5. The van der Waals surface area contributed by atoms with Gasteiger partial charge in [-0.3, -0.25) is 0 Å². The molecule has 1 aliphatic carbocycles. The lowest BCUT2D eigenvalue weighted by atomic mass is 10.1. The minimum atomic E-state index is 0.838. The minimum absolute atomic E-state index is 0.838. The molecule has 1 aliphatic rings. The number of benzene rings is 1. The highest BCUT2D eigenvalue weighted by Gasteiger charge is 2.19. The first-order valence-corrected chi connectivity index (χ1v) is 8.38. The molecule has 1 heterocycles. The third kappa shape index (κ3) is 2.95. The average molecular weight is 346 g/mol. The molecule has 0 saturated heterocycles. The minimum Gasteiger partial charge on any atom is -0.370 e. The van der Waals surface area contributed by atoms with Gasteiger partial charge in [0, 0.05) is 27.8 Å². The van der Waals surface area contributed by atoms with E-state index in [-0.39, 0.29) is 0 Å². The molecule has 1 aromatic carbocycles. The van der Waals surface area contributed by atoms with E-state index in [0.717, 1.165) is 47.5 Å². The third-order valence-electron chi connectivity index (χ3n) is 3.89. The fourth-order valence-corrected chi connectivity index (χ4v) is 2.98. The Morgan fingerprint density at radius 1 is 1.24 bits per heavy atom. The van der Waals surface area contributed by atoms with Crippen LogP contribution in [0.15, 0.2) is 22.7 Å². The molecule has 0 atom stereocenters. The summed E-state index contributed by atoms with van der Waals surface area (Å²) in [5.74, 6) is 1.87. The van der Waals surface area contributed by atoms with Gasteiger partial charge in [0.05, 0.1) is 0 Å². The van der Waals surface area contributed by atoms with Crippen LogP contribution in [-0.2, 0) is 12.8 Å². The van der Waals surface area contributed by atoms with Crippen LogP contribution in [0, 0.1) is 6.92 Å². The van der Waals surface area contributed by atoms with Crippen molar-refractivity contribution in [2.45, 2.75) is 39.5 Å². The van der Waals surface area contributed by atoms with Gasteiger partial charge in [-0.25, -0.2) is 9.97 Å². The molecule has 110 valence electrons. The van der Waals surface area contributed by atoms with E-state index in [1.807, 2.05) is 0 Å². The smallest absolute Gasteiger partial charge is 0.161 e. The van der Waals surface area contributed by atoms with Crippen LogP contribution < -0.4 is 5.32 Å². The number of aromatic nitrogens is 2. The van der Waals surface area contributed by atoms with Crippen LogP contribution in [0.2, 0.25) is 0 Å². The summed E-state index contributed by atoms with van der Waals surface area (Å²) in [5.41, 5.74) is 4.84. The molecular weight excluding hydrogens is 326 g/mol. The summed E-state index contributed by atoms with van der Waals surface area (Å²) < 4.78 is 1.12. The summed E-state index contributed by atoms with van der Waals surface area (Å²) >= 11 is 3.55. The molecule has 3 nitrogen and oxygen atoms in total. The maximum atomic E-state index is 4.80. The van der Waals surface area contributed by atoms with E-state index in [0.29, 0.717) is 0 Å². The van der Waals surface area contributed by atoms with Crippen LogP contribution in [0.5, 0.6) is 0 Å². The summed E-state index contributed by atoms with van der Waals surface area (Å²) in [5, 5.41) is 3.47. The van der Waals surface area contributed by atoms with Gasteiger partial charge in [-0.1, -0.05) is 28.9 Å². The molecular formula is C17H20BrN3. The average Bonchev–Trinajstić information content (AvgIpc) is 2.96. The Bertz CT molecular complexity index is 667. The molecule has 4 heteroatoms. The zero-order chi connectivity index (χ0) is 14.8. The number of halogens is 1. The first-order valence-electron chi connectivity index (χ1n) is 7.59. The molecule has 0 radical (unpaired) electrons. The summed E-state index contributed by atoms with van der Waals surface area (Å²) in [6, 6.07) is 6.29. The predicted molar refractivity (Wildman–Crippen MR) is 90.7 cm³/mol. The number of hydrogen-bond acceptors (Lipinski definition) is 3. The van der Waals surface area contributed by atoms with Crippen molar-refractivity contribution in [3.63, 3.8) is 0 Å². The van der Waals surface area contributed by atoms with E-state index in [1.165, 1.54) is 23.2 Å². The zero-order valence-electron chi connectivity index (χ0n) is 12.5. The number of aryl methyl sites for hydroxylation is 2. The van der Waals surface area contributed by atoms with Gasteiger partial charge < -0.3 is 5.32 Å². The van der Waals surface area contributed by atoms with E-state index in [2.05, 4.69) is 53.3 Å². The van der Waals surface area contributed by atoms with Crippen molar-refractivity contribution in [1.82, 2.24) is 9.97 Å². The fraction of sp³-hybridized carbons (Fsp3) is 0.412. The van der Waals surface area contributed by atoms with E-state index in [9.17, 15) is 0 Å². The number of nitrogens with one attached hydrogen (secondary N) is 1. The Morgan fingerprint density at radius 2 is 2.10 bits per heavy atom. The van der Waals surface area contributed by atoms with Gasteiger partial charge in [-0.15, -0.1) is 0 Å². The van der Waals surface area contributed by atoms with Gasteiger partial charge >= 0.3 is 0 Å². The molecule has 0 saturated carbocycles. The lowest BCUT2D eigenvalue weighted by Crippen LogP contribution is -2.08. The second kappa shape index (κ2) is 6.14. The summed E-state index contributed by atoms with van der Waals surface area (Å²) in [7, 11) is 0. The quantitative estimate of drug-likeness (QED) is 0.884. The van der Waals surface area contributed by atoms with Crippen LogP contribution in [0.3, 0.4) is 0 Å². The molecule has 21 heavy (non-hydrogen) atoms. The van der Waals surface area contributed by atoms with Gasteiger partial charge in [0.2, 0.25) is 0 Å². The zero-order valence-corrected chi connectivity index (χ0v) is 14.1. The highest BCUT2D eigenvalue weighted by atomic mass is 79.9. The molecule has 0 bridgehead atoms. The molecule has 1 N–H and O–H groups in total. The van der Waals surface area contributed by atoms with Crippen molar-refractivity contribution in [2.75, 3.05) is 11.9 Å². The predicted octanol–water partition coefficient (Wildman–Crippen LogP) is 4.53. The van der Waals surface area contributed by atoms with Crippen molar-refractivity contribution in [3.05, 3.63) is 39.5 Å². The Labute approximate surface area is 134 Å². The van der Waals surface area contributed by atoms with E-state index >= 15 is 0 Å². The van der Waals surface area contributed by atoms with Gasteiger partial charge in [-0.05, 0) is 50.3 Å². The highest BCUT2D eigenvalue weighted by Crippen LogP contribution is 2.30. The standard InChI is InChI=1S/C17H20BrN3/c1-3-9-19-17-13-5-4-6-15(13)20-16(21-17)12-7-8-14(18)11(2)10-12/h7-8,10H,3-6,9H2,1-2H3,(H,19,20,21). The van der Waals surface area contributed by atoms with Crippen LogP contribution in [0.4, 0.5) is 5.82 Å². The van der Waals surface area contributed by atoms with E-state index in [1.54, 1.807) is 0 Å². The molecule has 3 rings (SSSR count). The maximum absolute atomic E-state index is 4.80. The van der Waals surface area contributed by atoms with Crippen molar-refractivity contribution in [2.24, 2.45) is 0 Å². The lowest BCUT2D eigenvalue weighted by molar-refractivity contribution is 0.899. The Morgan fingerprint density at radius 3 is 2.86 bits per heavy atom. The van der Waals surface area contributed by atoms with Gasteiger partial charge in [0.25, 0.3) is 0 Å². The number of rotatable bonds is 4. The summed E-state index contributed by atoms with van der Waals surface area (Å²) in [6.45, 7) is 5.23. The number of nitrogens with zero attached hydrogens (tertiary/aromatic N) is 2. The van der Waals surface area contributed by atoms with Gasteiger partial charge in [0.15, 0.2) is 5.82 Å². The van der Waals surface area contributed by atoms with Crippen LogP contribution in [0.25, 0.3) is 11.4 Å². The lowest BCUT2D eigenvalue weighted by Gasteiger charge is -2.12. The first-order chi connectivity index (χ1) is 10.2. The Hall–Kier alpha value is -1.42. The van der Waals surface area contributed by atoms with Gasteiger partial charge in [-0.2, -0.15) is 0 Å². The monoisotopic (exact) mass is 345 g/mol. The fourth-order valence-electron chi connectivity index (χ4n) is 2.73. The largest absolute Gasteiger partial charge is 0.370 e. The molecule has 0 fully saturated rings. The highest BCUT2D eigenvalue weighted by molar-refractivity contribution is 9.10. The van der Waals surface area contributed by atoms with Crippen molar-refractivity contribution in [1.29, 1.82) is 0 Å². The molecule has 0 unspecified atom stereocenters. The second-order valence-electron chi connectivity index (χ2n) is 5.57. The topological polar surface area (TPSA) is 37.8 Å². The molecule has 0 spiro atoms. The molecule has 0 amide bonds. The number of hydrogen-bond donors (Lipinski definition) is 1. The van der Waals surface area contributed by atoms with Crippen LogP contribution >= 0.6 is 15.9 Å². The molecule has 2 aromatic rings. The SMILES string of the molecule is CCCNc1nc(-c2ccc(Br)c(C)c2)nc2c1CCC2. The maximum Gasteiger partial charge on any atom is 0.161 e. The van der Waals surface area contributed by atoms with Crippen LogP contribution in [0.1, 0.15) is 36.6 Å².